The summed E-state index contributed by atoms with van der Waals surface area (Å²) >= 11 is 0. The Bertz CT molecular complexity index is 2010. The number of rotatable bonds is 11. The summed E-state index contributed by atoms with van der Waals surface area (Å²) in [6.07, 6.45) is 11.8. The molecule has 10 heteroatoms. The number of pyridine rings is 2. The number of aromatic nitrogens is 3. The van der Waals surface area contributed by atoms with Crippen LogP contribution in [0.5, 0.6) is 11.6 Å². The van der Waals surface area contributed by atoms with E-state index in [1.54, 1.807) is 6.20 Å². The van der Waals surface area contributed by atoms with Crippen LogP contribution in [0.25, 0.3) is 16.8 Å². The highest BCUT2D eigenvalue weighted by Gasteiger charge is 2.27. The largest absolute Gasteiger partial charge is 0.439 e. The van der Waals surface area contributed by atoms with Crippen molar-refractivity contribution in [1.82, 2.24) is 34.8 Å². The summed E-state index contributed by atoms with van der Waals surface area (Å²) in [6.45, 7) is 8.33. The van der Waals surface area contributed by atoms with Crippen molar-refractivity contribution in [2.24, 2.45) is 0 Å². The predicted molar refractivity (Wildman–Crippen MR) is 206 cm³/mol. The van der Waals surface area contributed by atoms with E-state index in [1.165, 1.54) is 69.7 Å². The maximum absolute atomic E-state index is 14.4. The molecule has 3 aromatic heterocycles. The number of piperidine rings is 1. The monoisotopic (exact) mass is 715 g/mol. The Kier molecular flexibility index (Phi) is 10.8. The molecule has 0 bridgehead atoms. The van der Waals surface area contributed by atoms with Crippen molar-refractivity contribution in [2.45, 2.75) is 89.5 Å². The van der Waals surface area contributed by atoms with Gasteiger partial charge in [0.1, 0.15) is 22.9 Å². The number of carbonyl (C=O) groups is 1. The lowest BCUT2D eigenvalue weighted by molar-refractivity contribution is 0.0919. The third kappa shape index (κ3) is 8.61. The molecule has 3 aliphatic rings. The van der Waals surface area contributed by atoms with Crippen molar-refractivity contribution >= 4 is 11.6 Å². The topological polar surface area (TPSA) is 87.0 Å². The van der Waals surface area contributed by atoms with E-state index in [2.05, 4.69) is 60.7 Å². The SMILES string of the molecule is Cc1cccc2nc(C(=O)NC3CCC(NCc4cc(F)cnc4Oc4cccc(-c5ccc(CN6CCC(N7CCCC7)CC6)cc5)c4)CC3)cn12. The van der Waals surface area contributed by atoms with Gasteiger partial charge in [0.25, 0.3) is 5.91 Å². The van der Waals surface area contributed by atoms with Gasteiger partial charge in [-0.3, -0.25) is 9.69 Å². The Hall–Kier alpha value is -4.64. The van der Waals surface area contributed by atoms with Crippen LogP contribution in [0.2, 0.25) is 0 Å². The van der Waals surface area contributed by atoms with Crippen LogP contribution < -0.4 is 15.4 Å². The molecule has 1 amide bonds. The lowest BCUT2D eigenvalue weighted by atomic mass is 9.91. The fraction of sp³-hybridized carbons (Fsp3) is 0.419. The molecule has 2 saturated heterocycles. The van der Waals surface area contributed by atoms with E-state index >= 15 is 0 Å². The molecular formula is C43H50FN7O2. The van der Waals surface area contributed by atoms with E-state index in [0.29, 0.717) is 29.4 Å². The number of likely N-dealkylation sites (tertiary alicyclic amines) is 2. The zero-order valence-electron chi connectivity index (χ0n) is 30.6. The van der Waals surface area contributed by atoms with Gasteiger partial charge in [-0.25, -0.2) is 14.4 Å². The molecule has 1 aliphatic carbocycles. The average Bonchev–Trinajstić information content (AvgIpc) is 3.89. The van der Waals surface area contributed by atoms with Gasteiger partial charge in [-0.2, -0.15) is 0 Å². The molecule has 5 heterocycles. The van der Waals surface area contributed by atoms with Crippen LogP contribution in [0, 0.1) is 12.7 Å². The first-order chi connectivity index (χ1) is 25.9. The number of hydrogen-bond donors (Lipinski definition) is 2. The lowest BCUT2D eigenvalue weighted by Crippen LogP contribution is -2.43. The highest BCUT2D eigenvalue weighted by molar-refractivity contribution is 5.93. The van der Waals surface area contributed by atoms with Crippen LogP contribution in [0.15, 0.2) is 85.2 Å². The number of hydrogen-bond acceptors (Lipinski definition) is 7. The van der Waals surface area contributed by atoms with Crippen LogP contribution in [0.1, 0.15) is 78.7 Å². The first-order valence-corrected chi connectivity index (χ1v) is 19.4. The van der Waals surface area contributed by atoms with E-state index in [-0.39, 0.29) is 18.0 Å². The minimum Gasteiger partial charge on any atom is -0.439 e. The molecule has 8 rings (SSSR count). The number of aryl methyl sites for hydroxylation is 1. The van der Waals surface area contributed by atoms with Crippen molar-refractivity contribution in [1.29, 1.82) is 0 Å². The number of carbonyl (C=O) groups excluding carboxylic acids is 1. The number of benzene rings is 2. The van der Waals surface area contributed by atoms with Crippen molar-refractivity contribution in [2.75, 3.05) is 26.2 Å². The summed E-state index contributed by atoms with van der Waals surface area (Å²) < 4.78 is 22.6. The van der Waals surface area contributed by atoms with Gasteiger partial charge in [0.05, 0.1) is 6.20 Å². The number of imidazole rings is 1. The Morgan fingerprint density at radius 2 is 1.62 bits per heavy atom. The Morgan fingerprint density at radius 3 is 2.40 bits per heavy atom. The first-order valence-electron chi connectivity index (χ1n) is 19.4. The molecular weight excluding hydrogens is 666 g/mol. The number of halogens is 1. The van der Waals surface area contributed by atoms with Gasteiger partial charge in [0, 0.05) is 48.7 Å². The predicted octanol–water partition coefficient (Wildman–Crippen LogP) is 7.53. The Morgan fingerprint density at radius 1 is 0.868 bits per heavy atom. The van der Waals surface area contributed by atoms with E-state index < -0.39 is 5.82 Å². The van der Waals surface area contributed by atoms with Crippen LogP contribution in [-0.2, 0) is 13.1 Å². The van der Waals surface area contributed by atoms with Gasteiger partial charge in [0.2, 0.25) is 5.88 Å². The molecule has 0 atom stereocenters. The van der Waals surface area contributed by atoms with Gasteiger partial charge in [-0.1, -0.05) is 42.5 Å². The summed E-state index contributed by atoms with van der Waals surface area (Å²) in [5.41, 5.74) is 6.42. The number of ether oxygens (including phenoxy) is 1. The molecule has 2 N–H and O–H groups in total. The van der Waals surface area contributed by atoms with Gasteiger partial charge in [0.15, 0.2) is 0 Å². The molecule has 1 saturated carbocycles. The molecule has 0 unspecified atom stereocenters. The quantitative estimate of drug-likeness (QED) is 0.146. The van der Waals surface area contributed by atoms with Crippen molar-refractivity contribution in [3.63, 3.8) is 0 Å². The normalized spacial score (nSPS) is 20.2. The molecule has 0 spiro atoms. The minimum absolute atomic E-state index is 0.0898. The highest BCUT2D eigenvalue weighted by atomic mass is 19.1. The second-order valence-electron chi connectivity index (χ2n) is 15.1. The molecule has 276 valence electrons. The molecule has 3 fully saturated rings. The fourth-order valence-electron chi connectivity index (χ4n) is 8.36. The second-order valence-corrected chi connectivity index (χ2v) is 15.1. The van der Waals surface area contributed by atoms with Crippen molar-refractivity contribution in [3.8, 4) is 22.8 Å². The zero-order valence-corrected chi connectivity index (χ0v) is 30.6. The standard InChI is InChI=1S/C43H50FN7O2/c1-30-6-4-9-41-48-40(29-51(30)41)42(52)47-37-16-14-36(15-17-37)45-26-34-24-35(44)27-46-43(34)53-39-8-5-7-33(25-39)32-12-10-31(11-13-32)28-49-22-18-38(19-23-49)50-20-2-3-21-50/h4-13,24-25,27,29,36-38,45H,2-3,14-23,26,28H2,1H3,(H,47,52). The van der Waals surface area contributed by atoms with E-state index in [0.717, 1.165) is 60.7 Å². The van der Waals surface area contributed by atoms with Gasteiger partial charge in [-0.05, 0) is 131 Å². The van der Waals surface area contributed by atoms with Crippen molar-refractivity contribution < 1.29 is 13.9 Å². The zero-order chi connectivity index (χ0) is 36.1. The van der Waals surface area contributed by atoms with E-state index in [1.807, 2.05) is 47.7 Å². The van der Waals surface area contributed by atoms with Crippen LogP contribution in [0.3, 0.4) is 0 Å². The Balaban J connectivity index is 0.827. The number of fused-ring (bicyclic) bond motifs is 1. The highest BCUT2D eigenvalue weighted by Crippen LogP contribution is 2.30. The van der Waals surface area contributed by atoms with Gasteiger partial charge >= 0.3 is 0 Å². The lowest BCUT2D eigenvalue weighted by Gasteiger charge is -2.36. The number of amides is 1. The van der Waals surface area contributed by atoms with Gasteiger partial charge < -0.3 is 24.7 Å². The Labute approximate surface area is 311 Å². The third-order valence-corrected chi connectivity index (χ3v) is 11.4. The summed E-state index contributed by atoms with van der Waals surface area (Å²) in [5.74, 6) is 0.512. The third-order valence-electron chi connectivity index (χ3n) is 11.4. The average molecular weight is 716 g/mol. The number of nitrogens with zero attached hydrogens (tertiary/aromatic N) is 5. The summed E-state index contributed by atoms with van der Waals surface area (Å²) in [6, 6.07) is 25.3. The van der Waals surface area contributed by atoms with E-state index in [9.17, 15) is 9.18 Å². The summed E-state index contributed by atoms with van der Waals surface area (Å²) in [7, 11) is 0. The maximum atomic E-state index is 14.4. The molecule has 9 nitrogen and oxygen atoms in total. The molecule has 53 heavy (non-hydrogen) atoms. The molecule has 2 aliphatic heterocycles. The number of nitrogens with one attached hydrogen (secondary N) is 2. The van der Waals surface area contributed by atoms with E-state index in [4.69, 9.17) is 4.74 Å². The second kappa shape index (κ2) is 16.2. The van der Waals surface area contributed by atoms with Crippen LogP contribution in [-0.4, -0.2) is 74.4 Å². The fourth-order valence-corrected chi connectivity index (χ4v) is 8.36. The molecule has 5 aromatic rings. The smallest absolute Gasteiger partial charge is 0.271 e. The first kappa shape index (κ1) is 35.4. The molecule has 0 radical (unpaired) electrons. The molecule has 2 aromatic carbocycles. The van der Waals surface area contributed by atoms with Crippen molar-refractivity contribution in [3.05, 3.63) is 114 Å². The maximum Gasteiger partial charge on any atom is 0.271 e. The van der Waals surface area contributed by atoms with Crippen LogP contribution in [0.4, 0.5) is 4.39 Å². The summed E-state index contributed by atoms with van der Waals surface area (Å²) in [5, 5.41) is 6.76. The minimum atomic E-state index is -0.396. The van der Waals surface area contributed by atoms with Crippen LogP contribution >= 0.6 is 0 Å². The van der Waals surface area contributed by atoms with Gasteiger partial charge in [-0.15, -0.1) is 0 Å². The summed E-state index contributed by atoms with van der Waals surface area (Å²) in [4.78, 5) is 27.1.